The third-order valence-corrected chi connectivity index (χ3v) is 3.73. The van der Waals surface area contributed by atoms with E-state index in [1.807, 2.05) is 26.0 Å². The summed E-state index contributed by atoms with van der Waals surface area (Å²) in [6, 6.07) is 3.72. The van der Waals surface area contributed by atoms with Gasteiger partial charge in [-0.15, -0.1) is 0 Å². The molecule has 1 aromatic carbocycles. The predicted octanol–water partition coefficient (Wildman–Crippen LogP) is 4.33. The van der Waals surface area contributed by atoms with Crippen molar-refractivity contribution >= 4 is 11.6 Å². The van der Waals surface area contributed by atoms with Gasteiger partial charge in [0.15, 0.2) is 0 Å². The first-order valence-electron chi connectivity index (χ1n) is 7.54. The lowest BCUT2D eigenvalue weighted by Crippen LogP contribution is -2.26. The second kappa shape index (κ2) is 7.93. The lowest BCUT2D eigenvalue weighted by Gasteiger charge is -2.19. The Hall–Kier alpha value is -1.51. The maximum atomic E-state index is 12.1. The summed E-state index contributed by atoms with van der Waals surface area (Å²) in [5, 5.41) is 9.77. The van der Waals surface area contributed by atoms with E-state index in [0.29, 0.717) is 12.2 Å². The van der Waals surface area contributed by atoms with E-state index in [4.69, 9.17) is 0 Å². The first-order valence-corrected chi connectivity index (χ1v) is 7.54. The van der Waals surface area contributed by atoms with Crippen LogP contribution in [0.4, 0.5) is 5.69 Å². The molecule has 3 heteroatoms. The number of rotatable bonds is 7. The van der Waals surface area contributed by atoms with Gasteiger partial charge in [0.25, 0.3) is 0 Å². The predicted molar refractivity (Wildman–Crippen MR) is 84.4 cm³/mol. The van der Waals surface area contributed by atoms with Crippen LogP contribution in [0.5, 0.6) is 5.75 Å². The molecule has 0 aromatic heterocycles. The summed E-state index contributed by atoms with van der Waals surface area (Å²) < 4.78 is 0. The van der Waals surface area contributed by atoms with E-state index in [0.717, 1.165) is 29.7 Å². The fraction of sp³-hybridized carbons (Fsp3) is 0.588. The molecule has 1 rings (SSSR count). The van der Waals surface area contributed by atoms with Crippen molar-refractivity contribution in [2.45, 2.75) is 59.3 Å². The summed E-state index contributed by atoms with van der Waals surface area (Å²) >= 11 is 0. The van der Waals surface area contributed by atoms with Crippen molar-refractivity contribution in [1.82, 2.24) is 0 Å². The van der Waals surface area contributed by atoms with Gasteiger partial charge in [-0.05, 0) is 43.5 Å². The SMILES string of the molecule is CCCCCCCC(=O)N(C)c1cc(C)c(O)c(C)c1. The van der Waals surface area contributed by atoms with E-state index >= 15 is 0 Å². The number of hydrogen-bond donors (Lipinski definition) is 1. The number of aromatic hydroxyl groups is 1. The number of phenols is 1. The number of anilines is 1. The van der Waals surface area contributed by atoms with Crippen LogP contribution in [-0.2, 0) is 4.79 Å². The fourth-order valence-corrected chi connectivity index (χ4v) is 2.32. The van der Waals surface area contributed by atoms with Crippen molar-refractivity contribution < 1.29 is 9.90 Å². The topological polar surface area (TPSA) is 40.5 Å². The van der Waals surface area contributed by atoms with Crippen LogP contribution in [0.15, 0.2) is 12.1 Å². The molecule has 3 nitrogen and oxygen atoms in total. The maximum Gasteiger partial charge on any atom is 0.226 e. The van der Waals surface area contributed by atoms with Crippen LogP contribution in [0, 0.1) is 13.8 Å². The molecule has 0 heterocycles. The fourth-order valence-electron chi connectivity index (χ4n) is 2.32. The second-order valence-corrected chi connectivity index (χ2v) is 5.55. The highest BCUT2D eigenvalue weighted by Crippen LogP contribution is 2.27. The highest BCUT2D eigenvalue weighted by Gasteiger charge is 2.13. The molecule has 0 aliphatic rings. The minimum Gasteiger partial charge on any atom is -0.507 e. The molecular weight excluding hydrogens is 250 g/mol. The van der Waals surface area contributed by atoms with Crippen molar-refractivity contribution in [3.8, 4) is 5.75 Å². The number of carbonyl (C=O) groups is 1. The highest BCUT2D eigenvalue weighted by atomic mass is 16.3. The molecule has 0 saturated heterocycles. The van der Waals surface area contributed by atoms with Crippen molar-refractivity contribution in [3.05, 3.63) is 23.3 Å². The molecule has 0 saturated carbocycles. The number of aryl methyl sites for hydroxylation is 2. The average Bonchev–Trinajstić information content (AvgIpc) is 2.43. The number of amides is 1. The number of nitrogens with zero attached hydrogens (tertiary/aromatic N) is 1. The smallest absolute Gasteiger partial charge is 0.226 e. The van der Waals surface area contributed by atoms with Gasteiger partial charge in [-0.2, -0.15) is 0 Å². The zero-order valence-corrected chi connectivity index (χ0v) is 13.2. The Morgan fingerprint density at radius 1 is 1.10 bits per heavy atom. The van der Waals surface area contributed by atoms with Crippen LogP contribution in [0.3, 0.4) is 0 Å². The third-order valence-electron chi connectivity index (χ3n) is 3.73. The van der Waals surface area contributed by atoms with E-state index in [2.05, 4.69) is 6.92 Å². The van der Waals surface area contributed by atoms with E-state index in [-0.39, 0.29) is 5.91 Å². The molecule has 0 aliphatic carbocycles. The van der Waals surface area contributed by atoms with E-state index in [1.165, 1.54) is 19.3 Å². The highest BCUT2D eigenvalue weighted by molar-refractivity contribution is 5.93. The van der Waals surface area contributed by atoms with Crippen molar-refractivity contribution in [3.63, 3.8) is 0 Å². The van der Waals surface area contributed by atoms with Gasteiger partial charge in [0.2, 0.25) is 5.91 Å². The summed E-state index contributed by atoms with van der Waals surface area (Å²) in [7, 11) is 1.81. The van der Waals surface area contributed by atoms with Gasteiger partial charge >= 0.3 is 0 Å². The zero-order chi connectivity index (χ0) is 15.1. The Morgan fingerprint density at radius 2 is 1.65 bits per heavy atom. The molecule has 112 valence electrons. The molecule has 0 unspecified atom stereocenters. The number of hydrogen-bond acceptors (Lipinski definition) is 2. The van der Waals surface area contributed by atoms with Gasteiger partial charge in [-0.3, -0.25) is 4.79 Å². The number of unbranched alkanes of at least 4 members (excludes halogenated alkanes) is 4. The lowest BCUT2D eigenvalue weighted by molar-refractivity contribution is -0.118. The zero-order valence-electron chi connectivity index (χ0n) is 13.2. The van der Waals surface area contributed by atoms with Gasteiger partial charge in [-0.25, -0.2) is 0 Å². The molecule has 1 N–H and O–H groups in total. The quantitative estimate of drug-likeness (QED) is 0.753. The van der Waals surface area contributed by atoms with Crippen LogP contribution < -0.4 is 4.90 Å². The Labute approximate surface area is 122 Å². The molecule has 0 bridgehead atoms. The van der Waals surface area contributed by atoms with Gasteiger partial charge in [-0.1, -0.05) is 32.6 Å². The Morgan fingerprint density at radius 3 is 2.20 bits per heavy atom. The normalized spacial score (nSPS) is 10.6. The summed E-state index contributed by atoms with van der Waals surface area (Å²) in [4.78, 5) is 13.8. The molecule has 1 aromatic rings. The van der Waals surface area contributed by atoms with Crippen molar-refractivity contribution in [1.29, 1.82) is 0 Å². The minimum atomic E-state index is 0.144. The molecule has 20 heavy (non-hydrogen) atoms. The summed E-state index contributed by atoms with van der Waals surface area (Å²) in [6.45, 7) is 5.90. The van der Waals surface area contributed by atoms with Gasteiger partial charge in [0.05, 0.1) is 0 Å². The number of carbonyl (C=O) groups excluding carboxylic acids is 1. The Bertz CT molecular complexity index is 431. The first kappa shape index (κ1) is 16.5. The number of phenolic OH excluding ortho intramolecular Hbond substituents is 1. The van der Waals surface area contributed by atoms with Crippen LogP contribution in [-0.4, -0.2) is 18.1 Å². The summed E-state index contributed by atoms with van der Waals surface area (Å²) in [5.74, 6) is 0.458. The molecule has 0 fully saturated rings. The van der Waals surface area contributed by atoms with E-state index < -0.39 is 0 Å². The largest absolute Gasteiger partial charge is 0.507 e. The van der Waals surface area contributed by atoms with Crippen LogP contribution in [0.2, 0.25) is 0 Å². The monoisotopic (exact) mass is 277 g/mol. The van der Waals surface area contributed by atoms with Crippen LogP contribution in [0.25, 0.3) is 0 Å². The molecule has 0 atom stereocenters. The number of benzene rings is 1. The van der Waals surface area contributed by atoms with Gasteiger partial charge < -0.3 is 10.0 Å². The standard InChI is InChI=1S/C17H27NO2/c1-5-6-7-8-9-10-16(19)18(4)15-11-13(2)17(20)14(3)12-15/h11-12,20H,5-10H2,1-4H3. The average molecular weight is 277 g/mol. The van der Waals surface area contributed by atoms with Crippen molar-refractivity contribution in [2.24, 2.45) is 0 Å². The van der Waals surface area contributed by atoms with Crippen LogP contribution >= 0.6 is 0 Å². The first-order chi connectivity index (χ1) is 9.47. The summed E-state index contributed by atoms with van der Waals surface area (Å²) in [6.07, 6.45) is 6.37. The van der Waals surface area contributed by atoms with E-state index in [1.54, 1.807) is 11.9 Å². The van der Waals surface area contributed by atoms with E-state index in [9.17, 15) is 9.90 Å². The maximum absolute atomic E-state index is 12.1. The molecular formula is C17H27NO2. The minimum absolute atomic E-state index is 0.144. The second-order valence-electron chi connectivity index (χ2n) is 5.55. The van der Waals surface area contributed by atoms with Gasteiger partial charge in [0.1, 0.15) is 5.75 Å². The lowest BCUT2D eigenvalue weighted by atomic mass is 10.1. The Kier molecular flexibility index (Phi) is 6.56. The third kappa shape index (κ3) is 4.55. The molecule has 0 spiro atoms. The van der Waals surface area contributed by atoms with Gasteiger partial charge in [0, 0.05) is 19.2 Å². The Balaban J connectivity index is 2.56. The molecule has 0 aliphatic heterocycles. The molecule has 1 amide bonds. The van der Waals surface area contributed by atoms with Crippen molar-refractivity contribution in [2.75, 3.05) is 11.9 Å². The summed E-state index contributed by atoms with van der Waals surface area (Å²) in [5.41, 5.74) is 2.47. The van der Waals surface area contributed by atoms with Crippen LogP contribution in [0.1, 0.15) is 56.6 Å². The molecule has 0 radical (unpaired) electrons.